The van der Waals surface area contributed by atoms with E-state index >= 15 is 0 Å². The number of β-amino-alcohol motifs (C(OH)–C–C–N with tert-alkyl or cyclic N) is 1. The van der Waals surface area contributed by atoms with Gasteiger partial charge in [-0.3, -0.25) is 9.08 Å². The Kier molecular flexibility index (Phi) is 41.5. The van der Waals surface area contributed by atoms with Crippen LogP contribution in [0.15, 0.2) is 24.3 Å². The van der Waals surface area contributed by atoms with E-state index < -0.39 is 85.5 Å². The summed E-state index contributed by atoms with van der Waals surface area (Å²) in [6.45, 7) is 4.66. The number of likely N-dealkylation sites (tertiary alicyclic amines) is 1. The molecule has 0 amide bonds. The normalized spacial score (nSPS) is 25.7. The molecular weight excluding hydrogens is 906 g/mol. The quantitative estimate of drug-likeness (QED) is 0.0203. The molecule has 2 aliphatic rings. The van der Waals surface area contributed by atoms with Crippen LogP contribution in [-0.2, 0) is 23.1 Å². The van der Waals surface area contributed by atoms with Gasteiger partial charge in [-0.1, -0.05) is 154 Å². The maximum absolute atomic E-state index is 11.6. The van der Waals surface area contributed by atoms with Gasteiger partial charge in [-0.2, -0.15) is 0 Å². The van der Waals surface area contributed by atoms with E-state index in [-0.39, 0.29) is 49.3 Å². The Balaban J connectivity index is 0.0000231. The minimum absolute atomic E-state index is 0. The van der Waals surface area contributed by atoms with Gasteiger partial charge in [-0.05, 0) is 64.2 Å². The van der Waals surface area contributed by atoms with Crippen molar-refractivity contribution in [2.24, 2.45) is 0 Å². The smallest absolute Gasteiger partial charge is 0.751 e. The van der Waals surface area contributed by atoms with Gasteiger partial charge in [-0.15, -0.1) is 0 Å². The summed E-state index contributed by atoms with van der Waals surface area (Å²) < 4.78 is 59.1. The van der Waals surface area contributed by atoms with E-state index in [1.54, 1.807) is 4.90 Å². The van der Waals surface area contributed by atoms with Crippen molar-refractivity contribution in [3.63, 3.8) is 0 Å². The Morgan fingerprint density at radius 2 is 1.06 bits per heavy atom. The van der Waals surface area contributed by atoms with Crippen molar-refractivity contribution >= 4 is 11.2 Å². The van der Waals surface area contributed by atoms with Crippen molar-refractivity contribution in [1.82, 2.24) is 4.90 Å². The van der Waals surface area contributed by atoms with Gasteiger partial charge in [-0.25, -0.2) is 0 Å². The number of piperidine rings is 1. The van der Waals surface area contributed by atoms with Gasteiger partial charge in [0.1, 0.15) is 36.6 Å². The molecule has 0 aromatic rings. The van der Waals surface area contributed by atoms with Crippen LogP contribution in [0.2, 0.25) is 0 Å². The first-order valence-corrected chi connectivity index (χ1v) is 28.0. The molecule has 0 spiro atoms. The molecule has 15 nitrogen and oxygen atoms in total. The summed E-state index contributed by atoms with van der Waals surface area (Å²) in [6.07, 6.45) is 29.6. The third-order valence-corrected chi connectivity index (χ3v) is 13.6. The molecule has 0 radical (unpaired) electrons. The number of unbranched alkanes of at least 4 members (excludes halogenated alkanes) is 24. The fourth-order valence-electron chi connectivity index (χ4n) is 9.00. The number of rotatable bonds is 43. The molecule has 0 aromatic heterocycles. The zero-order valence-electron chi connectivity index (χ0n) is 42.7. The van der Waals surface area contributed by atoms with Gasteiger partial charge >= 0.3 is 29.6 Å². The zero-order valence-corrected chi connectivity index (χ0v) is 45.5. The van der Waals surface area contributed by atoms with Gasteiger partial charge in [0.2, 0.25) is 0 Å². The van der Waals surface area contributed by atoms with Crippen molar-refractivity contribution in [3.8, 4) is 0 Å². The minimum Gasteiger partial charge on any atom is -0.751 e. The van der Waals surface area contributed by atoms with Gasteiger partial charge in [0.15, 0.2) is 6.29 Å². The topological polar surface area (TPSA) is 234 Å². The van der Waals surface area contributed by atoms with Crippen LogP contribution >= 0.6 is 11.2 Å². The average Bonchev–Trinajstić information content (AvgIpc) is 3.30. The standard InChI is InChI=1S/C51H99NO14S.Na/c1-3-5-7-9-11-13-15-17-19-21-23-25-27-29-31-33-35-62-41-42(63-36-34-32-30-28-26-24-22-20-18-16-14-12-10-8-6-4-2)37-52-38-44(55)46(56)49(43(52)39-53)65-51-48(58)50(66-67(59,60)61)47(57)45(40-54)64-51;/h17-20,42-51,53-61H,3-16,21-41H2,1-2H3;/q;+1/p-1/b19-17-,20-18-;/t42?,43-,44+,45-,46-,47+,48-,49-,50+,51+;/m1./s1. The number of ether oxygens (including phenoxy) is 4. The number of allylic oxidation sites excluding steroid dienone is 4. The van der Waals surface area contributed by atoms with Gasteiger partial charge in [0.05, 0.1) is 38.1 Å². The Bertz CT molecular complexity index is 1210. The molecule has 68 heavy (non-hydrogen) atoms. The number of aliphatic hydroxyl groups is 6. The first-order chi connectivity index (χ1) is 32.5. The second-order valence-electron chi connectivity index (χ2n) is 19.0. The third kappa shape index (κ3) is 30.4. The summed E-state index contributed by atoms with van der Waals surface area (Å²) in [6, 6.07) is -0.944. The predicted molar refractivity (Wildman–Crippen MR) is 265 cm³/mol. The fourth-order valence-corrected chi connectivity index (χ4v) is 9.52. The molecule has 8 N–H and O–H groups in total. The minimum atomic E-state index is -4.91. The second kappa shape index (κ2) is 42.6. The summed E-state index contributed by atoms with van der Waals surface area (Å²) in [4.78, 5) is 1.73. The molecule has 17 heteroatoms. The largest absolute Gasteiger partial charge is 1.00 e. The van der Waals surface area contributed by atoms with Crippen molar-refractivity contribution in [2.45, 2.75) is 255 Å². The molecule has 10 atom stereocenters. The number of hydrogen-bond acceptors (Lipinski definition) is 15. The molecule has 2 fully saturated rings. The molecular formula is C51H98NNaO14S. The first kappa shape index (κ1) is 66.2. The number of nitrogens with zero attached hydrogens (tertiary/aromatic N) is 1. The van der Waals surface area contributed by atoms with E-state index in [0.717, 1.165) is 51.4 Å². The molecule has 0 saturated carbocycles. The molecule has 0 aromatic carbocycles. The molecule has 1 unspecified atom stereocenters. The van der Waals surface area contributed by atoms with Gasteiger partial charge < -0.3 is 63.2 Å². The maximum Gasteiger partial charge on any atom is 1.00 e. The summed E-state index contributed by atoms with van der Waals surface area (Å²) in [5, 5.41) is 64.1. The van der Waals surface area contributed by atoms with E-state index in [2.05, 4.69) is 42.3 Å². The number of aliphatic hydroxyl groups excluding tert-OH is 6. The van der Waals surface area contributed by atoms with Crippen LogP contribution in [0, 0.1) is 0 Å². The van der Waals surface area contributed by atoms with Crippen molar-refractivity contribution in [2.75, 3.05) is 46.1 Å². The van der Waals surface area contributed by atoms with Crippen LogP contribution in [0.3, 0.4) is 0 Å². The third-order valence-electron chi connectivity index (χ3n) is 13.1. The molecule has 2 rings (SSSR count). The van der Waals surface area contributed by atoms with Crippen LogP contribution in [0.1, 0.15) is 194 Å². The number of hydrogen-bond donors (Lipinski definition) is 8. The summed E-state index contributed by atoms with van der Waals surface area (Å²) >= 11 is -4.91. The molecule has 0 aliphatic carbocycles. The fraction of sp³-hybridized carbons (Fsp3) is 0.922. The Hall–Kier alpha value is 0.230. The first-order valence-electron chi connectivity index (χ1n) is 26.6. The van der Waals surface area contributed by atoms with E-state index in [1.165, 1.54) is 128 Å². The average molecular weight is 1000 g/mol. The van der Waals surface area contributed by atoms with Crippen molar-refractivity contribution in [1.29, 1.82) is 0 Å². The summed E-state index contributed by atoms with van der Waals surface area (Å²) in [5.41, 5.74) is 0. The SMILES string of the molecule is CCCCCCCC/C=C\CCCCCCCCOCC(CN1C[C@H](O)[C@@H](O)[C@H](O[C@@H]2O[C@H](CO)[C@H](O)[C@H](OS([O-])(O)O)[C@H]2O)[C@H]1CO)OCCCCCCCC/C=C\CCCCCCCC.[Na+]. The predicted octanol–water partition coefficient (Wildman–Crippen LogP) is 5.87. The van der Waals surface area contributed by atoms with Gasteiger partial charge in [0, 0.05) is 37.5 Å². The van der Waals surface area contributed by atoms with E-state index in [9.17, 15) is 44.3 Å². The Labute approximate surface area is 435 Å². The summed E-state index contributed by atoms with van der Waals surface area (Å²) in [5.74, 6) is 0. The van der Waals surface area contributed by atoms with Gasteiger partial charge in [0.25, 0.3) is 0 Å². The summed E-state index contributed by atoms with van der Waals surface area (Å²) in [7, 11) is 0. The maximum atomic E-state index is 11.6. The van der Waals surface area contributed by atoms with Crippen LogP contribution in [0.4, 0.5) is 0 Å². The van der Waals surface area contributed by atoms with Crippen LogP contribution in [0.25, 0.3) is 0 Å². The van der Waals surface area contributed by atoms with Crippen LogP contribution in [-0.4, -0.2) is 156 Å². The van der Waals surface area contributed by atoms with E-state index in [0.29, 0.717) is 13.2 Å². The molecule has 2 heterocycles. The molecule has 0 bridgehead atoms. The second-order valence-corrected chi connectivity index (χ2v) is 20.1. The Morgan fingerprint density at radius 3 is 1.51 bits per heavy atom. The molecule has 398 valence electrons. The van der Waals surface area contributed by atoms with Crippen LogP contribution < -0.4 is 29.6 Å². The monoisotopic (exact) mass is 1000 g/mol. The Morgan fingerprint density at radius 1 is 0.603 bits per heavy atom. The van der Waals surface area contributed by atoms with Crippen LogP contribution in [0.5, 0.6) is 0 Å². The molecule has 2 saturated heterocycles. The molecule has 2 aliphatic heterocycles. The van der Waals surface area contributed by atoms with Crippen molar-refractivity contribution in [3.05, 3.63) is 24.3 Å². The van der Waals surface area contributed by atoms with E-state index in [4.69, 9.17) is 18.9 Å². The zero-order chi connectivity index (χ0) is 49.0. The van der Waals surface area contributed by atoms with Crippen molar-refractivity contribution < 1.29 is 97.0 Å². The van der Waals surface area contributed by atoms with E-state index in [1.807, 2.05) is 0 Å².